The number of aromatic nitrogens is 3. The third kappa shape index (κ3) is 4.05. The van der Waals surface area contributed by atoms with Crippen LogP contribution in [0.4, 0.5) is 5.82 Å². The Morgan fingerprint density at radius 2 is 2.09 bits per heavy atom. The predicted molar refractivity (Wildman–Crippen MR) is 125 cm³/mol. The fourth-order valence-electron chi connectivity index (χ4n) is 5.04. The van der Waals surface area contributed by atoms with Gasteiger partial charge in [0.25, 0.3) is 0 Å². The molecule has 0 saturated carbocycles. The van der Waals surface area contributed by atoms with E-state index in [1.165, 1.54) is 16.5 Å². The second kappa shape index (κ2) is 8.82. The minimum Gasteiger partial charge on any atom is -0.373 e. The van der Waals surface area contributed by atoms with Gasteiger partial charge in [0.1, 0.15) is 5.82 Å². The SMILES string of the molecule is CNc1nc([C@@H]2CCCCN2C(C)=O)nc2c1CN(Cc1ccc3ncccc3c1)CC2. The number of pyridine rings is 1. The molecule has 0 bridgehead atoms. The second-order valence-corrected chi connectivity index (χ2v) is 8.82. The number of anilines is 1. The fourth-order valence-corrected chi connectivity index (χ4v) is 5.04. The molecule has 2 aliphatic heterocycles. The second-order valence-electron chi connectivity index (χ2n) is 8.82. The van der Waals surface area contributed by atoms with Crippen LogP contribution in [-0.4, -0.2) is 50.8 Å². The van der Waals surface area contributed by atoms with Crippen molar-refractivity contribution in [1.29, 1.82) is 0 Å². The third-order valence-corrected chi connectivity index (χ3v) is 6.67. The van der Waals surface area contributed by atoms with Gasteiger partial charge in [0.2, 0.25) is 5.91 Å². The molecule has 1 saturated heterocycles. The summed E-state index contributed by atoms with van der Waals surface area (Å²) in [5.41, 5.74) is 4.61. The van der Waals surface area contributed by atoms with Crippen LogP contribution in [0.3, 0.4) is 0 Å². The van der Waals surface area contributed by atoms with Gasteiger partial charge >= 0.3 is 0 Å². The fraction of sp³-hybridized carbons (Fsp3) is 0.440. The van der Waals surface area contributed by atoms with Gasteiger partial charge < -0.3 is 10.2 Å². The number of fused-ring (bicyclic) bond motifs is 2. The molecule has 1 fully saturated rings. The van der Waals surface area contributed by atoms with Gasteiger partial charge in [0.05, 0.1) is 17.3 Å². The molecule has 2 aromatic heterocycles. The van der Waals surface area contributed by atoms with Gasteiger partial charge in [0.15, 0.2) is 5.82 Å². The summed E-state index contributed by atoms with van der Waals surface area (Å²) in [4.78, 5) is 30.9. The molecule has 3 aromatic rings. The zero-order valence-corrected chi connectivity index (χ0v) is 18.8. The average molecular weight is 431 g/mol. The lowest BCUT2D eigenvalue weighted by molar-refractivity contribution is -0.132. The number of amides is 1. The van der Waals surface area contributed by atoms with E-state index in [2.05, 4.69) is 39.5 Å². The smallest absolute Gasteiger partial charge is 0.220 e. The number of carbonyl (C=O) groups is 1. The summed E-state index contributed by atoms with van der Waals surface area (Å²) in [5.74, 6) is 1.80. The molecular formula is C25H30N6O. The van der Waals surface area contributed by atoms with Crippen molar-refractivity contribution in [2.45, 2.75) is 51.7 Å². The summed E-state index contributed by atoms with van der Waals surface area (Å²) in [6.07, 6.45) is 5.82. The molecule has 0 aliphatic carbocycles. The van der Waals surface area contributed by atoms with Crippen LogP contribution in [0.5, 0.6) is 0 Å². The van der Waals surface area contributed by atoms with Crippen LogP contribution in [0.2, 0.25) is 0 Å². The predicted octanol–water partition coefficient (Wildman–Crippen LogP) is 3.70. The zero-order chi connectivity index (χ0) is 22.1. The third-order valence-electron chi connectivity index (χ3n) is 6.67. The van der Waals surface area contributed by atoms with Gasteiger partial charge in [-0.1, -0.05) is 12.1 Å². The molecule has 4 heterocycles. The first-order chi connectivity index (χ1) is 15.6. The van der Waals surface area contributed by atoms with Gasteiger partial charge in [-0.3, -0.25) is 14.7 Å². The Kier molecular flexibility index (Phi) is 5.74. The standard InChI is InChI=1S/C25H30N6O/c1-17(32)31-12-4-3-7-23(31)25-28-22-10-13-30(16-20(22)24(26-2)29-25)15-18-8-9-21-19(14-18)6-5-11-27-21/h5-6,8-9,11,14,23H,3-4,7,10,12-13,15-16H2,1-2H3,(H,26,28,29)/t23-/m0/s1. The van der Waals surface area contributed by atoms with Crippen LogP contribution < -0.4 is 5.32 Å². The maximum atomic E-state index is 12.2. The van der Waals surface area contributed by atoms with Crippen molar-refractivity contribution in [1.82, 2.24) is 24.8 Å². The Labute approximate surface area is 188 Å². The van der Waals surface area contributed by atoms with Crippen molar-refractivity contribution in [2.24, 2.45) is 0 Å². The van der Waals surface area contributed by atoms with Gasteiger partial charge in [-0.05, 0) is 43.0 Å². The van der Waals surface area contributed by atoms with E-state index < -0.39 is 0 Å². The van der Waals surface area contributed by atoms with E-state index in [0.29, 0.717) is 0 Å². The first-order valence-corrected chi connectivity index (χ1v) is 11.5. The van der Waals surface area contributed by atoms with Crippen LogP contribution >= 0.6 is 0 Å². The van der Waals surface area contributed by atoms with Crippen molar-refractivity contribution in [3.8, 4) is 0 Å². The highest BCUT2D eigenvalue weighted by atomic mass is 16.2. The molecule has 7 nitrogen and oxygen atoms in total. The van der Waals surface area contributed by atoms with Gasteiger partial charge in [0, 0.05) is 63.7 Å². The first-order valence-electron chi connectivity index (χ1n) is 11.5. The Morgan fingerprint density at radius 1 is 1.19 bits per heavy atom. The van der Waals surface area contributed by atoms with E-state index in [1.54, 1.807) is 6.92 Å². The lowest BCUT2D eigenvalue weighted by atomic mass is 9.99. The molecule has 1 atom stereocenters. The molecular weight excluding hydrogens is 400 g/mol. The molecule has 1 amide bonds. The Bertz CT molecular complexity index is 1130. The molecule has 1 aromatic carbocycles. The summed E-state index contributed by atoms with van der Waals surface area (Å²) in [5, 5.41) is 4.47. The average Bonchev–Trinajstić information content (AvgIpc) is 2.83. The van der Waals surface area contributed by atoms with Gasteiger partial charge in [-0.25, -0.2) is 9.97 Å². The molecule has 32 heavy (non-hydrogen) atoms. The maximum absolute atomic E-state index is 12.2. The molecule has 7 heteroatoms. The molecule has 0 radical (unpaired) electrons. The zero-order valence-electron chi connectivity index (χ0n) is 18.8. The highest BCUT2D eigenvalue weighted by Gasteiger charge is 2.30. The summed E-state index contributed by atoms with van der Waals surface area (Å²) in [6.45, 7) is 5.10. The number of benzene rings is 1. The molecule has 166 valence electrons. The lowest BCUT2D eigenvalue weighted by Gasteiger charge is -2.35. The van der Waals surface area contributed by atoms with E-state index in [4.69, 9.17) is 9.97 Å². The van der Waals surface area contributed by atoms with E-state index in [0.717, 1.165) is 74.7 Å². The first kappa shape index (κ1) is 20.8. The lowest BCUT2D eigenvalue weighted by Crippen LogP contribution is -2.38. The molecule has 0 spiro atoms. The molecule has 5 rings (SSSR count). The van der Waals surface area contributed by atoms with Crippen LogP contribution in [0, 0.1) is 0 Å². The number of piperidine rings is 1. The van der Waals surface area contributed by atoms with Crippen LogP contribution in [0.25, 0.3) is 10.9 Å². The summed E-state index contributed by atoms with van der Waals surface area (Å²) >= 11 is 0. The van der Waals surface area contributed by atoms with E-state index >= 15 is 0 Å². The number of nitrogens with zero attached hydrogens (tertiary/aromatic N) is 5. The monoisotopic (exact) mass is 430 g/mol. The highest BCUT2D eigenvalue weighted by molar-refractivity contribution is 5.78. The number of likely N-dealkylation sites (tertiary alicyclic amines) is 1. The van der Waals surface area contributed by atoms with Crippen molar-refractivity contribution in [3.05, 3.63) is 59.2 Å². The Hall–Kier alpha value is -3.06. The Balaban J connectivity index is 1.38. The number of rotatable bonds is 4. The molecule has 0 unspecified atom stereocenters. The maximum Gasteiger partial charge on any atom is 0.220 e. The van der Waals surface area contributed by atoms with Crippen molar-refractivity contribution in [3.63, 3.8) is 0 Å². The van der Waals surface area contributed by atoms with Crippen molar-refractivity contribution in [2.75, 3.05) is 25.5 Å². The van der Waals surface area contributed by atoms with Crippen molar-refractivity contribution < 1.29 is 4.79 Å². The minimum atomic E-state index is -0.0112. The van der Waals surface area contributed by atoms with E-state index in [9.17, 15) is 4.79 Å². The van der Waals surface area contributed by atoms with E-state index in [1.807, 2.05) is 24.2 Å². The quantitative estimate of drug-likeness (QED) is 0.680. The largest absolute Gasteiger partial charge is 0.373 e. The van der Waals surface area contributed by atoms with E-state index in [-0.39, 0.29) is 11.9 Å². The van der Waals surface area contributed by atoms with Crippen molar-refractivity contribution >= 4 is 22.6 Å². The summed E-state index contributed by atoms with van der Waals surface area (Å²) in [6, 6.07) is 10.6. The number of hydrogen-bond acceptors (Lipinski definition) is 6. The summed E-state index contributed by atoms with van der Waals surface area (Å²) in [7, 11) is 1.92. The number of hydrogen-bond donors (Lipinski definition) is 1. The Morgan fingerprint density at radius 3 is 2.94 bits per heavy atom. The van der Waals surface area contributed by atoms with Crippen LogP contribution in [0.15, 0.2) is 36.5 Å². The number of carbonyl (C=O) groups excluding carboxylic acids is 1. The topological polar surface area (TPSA) is 74.2 Å². The molecule has 2 aliphatic rings. The highest BCUT2D eigenvalue weighted by Crippen LogP contribution is 2.32. The minimum absolute atomic E-state index is 0.0112. The summed E-state index contributed by atoms with van der Waals surface area (Å²) < 4.78 is 0. The van der Waals surface area contributed by atoms with Gasteiger partial charge in [-0.15, -0.1) is 0 Å². The molecule has 1 N–H and O–H groups in total. The number of nitrogens with one attached hydrogen (secondary N) is 1. The van der Waals surface area contributed by atoms with Crippen LogP contribution in [0.1, 0.15) is 54.9 Å². The van der Waals surface area contributed by atoms with Crippen LogP contribution in [-0.2, 0) is 24.3 Å². The normalized spacial score (nSPS) is 19.1. The van der Waals surface area contributed by atoms with Gasteiger partial charge in [-0.2, -0.15) is 0 Å².